The molecule has 0 radical (unpaired) electrons. The number of nitrogens with zero attached hydrogens (tertiary/aromatic N) is 1. The van der Waals surface area contributed by atoms with Crippen LogP contribution in [0.5, 0.6) is 0 Å². The standard InChI is InChI=1S/C11H9F2N3O2/c12-9-7(11(17)18)1-2-8(10(9)13)14-3-6-4-15-16-5-6/h1-2,4-5,14H,3H2,(H,15,16)(H,17,18). The van der Waals surface area contributed by atoms with E-state index < -0.39 is 23.2 Å². The molecule has 2 rings (SSSR count). The third-order valence-corrected chi connectivity index (χ3v) is 2.35. The van der Waals surface area contributed by atoms with E-state index in [1.54, 1.807) is 6.20 Å². The highest BCUT2D eigenvalue weighted by atomic mass is 19.2. The minimum Gasteiger partial charge on any atom is -0.478 e. The molecule has 5 nitrogen and oxygen atoms in total. The zero-order valence-electron chi connectivity index (χ0n) is 9.08. The molecular weight excluding hydrogens is 244 g/mol. The van der Waals surface area contributed by atoms with Crippen molar-refractivity contribution in [3.63, 3.8) is 0 Å². The largest absolute Gasteiger partial charge is 0.478 e. The van der Waals surface area contributed by atoms with Gasteiger partial charge >= 0.3 is 5.97 Å². The summed E-state index contributed by atoms with van der Waals surface area (Å²) >= 11 is 0. The molecule has 0 bridgehead atoms. The van der Waals surface area contributed by atoms with Crippen molar-refractivity contribution in [2.75, 3.05) is 5.32 Å². The van der Waals surface area contributed by atoms with Crippen molar-refractivity contribution in [3.05, 3.63) is 47.3 Å². The summed E-state index contributed by atoms with van der Waals surface area (Å²) in [5, 5.41) is 17.6. The molecule has 0 atom stereocenters. The van der Waals surface area contributed by atoms with E-state index in [0.717, 1.165) is 11.6 Å². The van der Waals surface area contributed by atoms with Gasteiger partial charge in [0.25, 0.3) is 0 Å². The van der Waals surface area contributed by atoms with E-state index in [0.29, 0.717) is 0 Å². The first-order valence-electron chi connectivity index (χ1n) is 5.02. The Kier molecular flexibility index (Phi) is 3.22. The van der Waals surface area contributed by atoms with Crippen LogP contribution >= 0.6 is 0 Å². The predicted octanol–water partition coefficient (Wildman–Crippen LogP) is 2.00. The van der Waals surface area contributed by atoms with Gasteiger partial charge in [0.2, 0.25) is 0 Å². The smallest absolute Gasteiger partial charge is 0.338 e. The van der Waals surface area contributed by atoms with Crippen molar-refractivity contribution >= 4 is 11.7 Å². The summed E-state index contributed by atoms with van der Waals surface area (Å²) < 4.78 is 26.9. The van der Waals surface area contributed by atoms with Crippen LogP contribution in [0.2, 0.25) is 0 Å². The first-order valence-corrected chi connectivity index (χ1v) is 5.02. The second-order valence-electron chi connectivity index (χ2n) is 3.55. The number of benzene rings is 1. The summed E-state index contributed by atoms with van der Waals surface area (Å²) in [5.41, 5.74) is -0.0304. The van der Waals surface area contributed by atoms with Crippen LogP contribution in [0.15, 0.2) is 24.5 Å². The number of carboxylic acid groups (broad SMARTS) is 1. The zero-order chi connectivity index (χ0) is 13.1. The summed E-state index contributed by atoms with van der Waals surface area (Å²) in [7, 11) is 0. The van der Waals surface area contributed by atoms with Crippen molar-refractivity contribution in [2.24, 2.45) is 0 Å². The summed E-state index contributed by atoms with van der Waals surface area (Å²) in [6.07, 6.45) is 3.14. The number of aromatic carboxylic acids is 1. The highest BCUT2D eigenvalue weighted by Gasteiger charge is 2.17. The highest BCUT2D eigenvalue weighted by Crippen LogP contribution is 2.21. The lowest BCUT2D eigenvalue weighted by atomic mass is 10.1. The zero-order valence-corrected chi connectivity index (χ0v) is 9.08. The molecule has 1 heterocycles. The quantitative estimate of drug-likeness (QED) is 0.778. The molecule has 0 aliphatic rings. The normalized spacial score (nSPS) is 10.3. The van der Waals surface area contributed by atoms with Gasteiger partial charge in [0, 0.05) is 18.3 Å². The van der Waals surface area contributed by atoms with Gasteiger partial charge in [-0.1, -0.05) is 0 Å². The fourth-order valence-corrected chi connectivity index (χ4v) is 1.42. The van der Waals surface area contributed by atoms with Crippen LogP contribution in [0.25, 0.3) is 0 Å². The Morgan fingerprint density at radius 1 is 1.39 bits per heavy atom. The molecule has 1 aromatic carbocycles. The van der Waals surface area contributed by atoms with Crippen molar-refractivity contribution in [2.45, 2.75) is 6.54 Å². The number of aromatic amines is 1. The van der Waals surface area contributed by atoms with Crippen LogP contribution in [0.4, 0.5) is 14.5 Å². The van der Waals surface area contributed by atoms with Gasteiger partial charge < -0.3 is 10.4 Å². The number of carbonyl (C=O) groups is 1. The summed E-state index contributed by atoms with van der Waals surface area (Å²) in [6, 6.07) is 2.19. The minimum atomic E-state index is -1.51. The van der Waals surface area contributed by atoms with E-state index in [4.69, 9.17) is 5.11 Å². The van der Waals surface area contributed by atoms with E-state index in [1.165, 1.54) is 12.3 Å². The molecule has 94 valence electrons. The monoisotopic (exact) mass is 253 g/mol. The first-order chi connectivity index (χ1) is 8.59. The van der Waals surface area contributed by atoms with Crippen molar-refractivity contribution < 1.29 is 18.7 Å². The number of anilines is 1. The molecule has 0 amide bonds. The molecular formula is C11H9F2N3O2. The van der Waals surface area contributed by atoms with Crippen LogP contribution < -0.4 is 5.32 Å². The third-order valence-electron chi connectivity index (χ3n) is 2.35. The Bertz CT molecular complexity index is 570. The molecule has 0 fully saturated rings. The molecule has 1 aromatic heterocycles. The molecule has 18 heavy (non-hydrogen) atoms. The Morgan fingerprint density at radius 3 is 2.78 bits per heavy atom. The predicted molar refractivity (Wildman–Crippen MR) is 59.2 cm³/mol. The highest BCUT2D eigenvalue weighted by molar-refractivity contribution is 5.88. The van der Waals surface area contributed by atoms with Crippen LogP contribution in [0.1, 0.15) is 15.9 Å². The summed E-state index contributed by atoms with van der Waals surface area (Å²) in [6.45, 7) is 0.249. The van der Waals surface area contributed by atoms with Gasteiger partial charge in [0.05, 0.1) is 17.4 Å². The van der Waals surface area contributed by atoms with E-state index in [1.807, 2.05) is 0 Å². The summed E-state index contributed by atoms with van der Waals surface area (Å²) in [4.78, 5) is 10.6. The van der Waals surface area contributed by atoms with Gasteiger partial charge in [-0.25, -0.2) is 13.6 Å². The van der Waals surface area contributed by atoms with Crippen molar-refractivity contribution in [1.82, 2.24) is 10.2 Å². The van der Waals surface area contributed by atoms with Crippen LogP contribution in [0, 0.1) is 11.6 Å². The molecule has 0 saturated heterocycles. The van der Waals surface area contributed by atoms with E-state index in [2.05, 4.69) is 15.5 Å². The number of carboxylic acids is 1. The minimum absolute atomic E-state index is 0.0984. The maximum Gasteiger partial charge on any atom is 0.338 e. The first kappa shape index (κ1) is 12.0. The number of halogens is 2. The Hall–Kier alpha value is -2.44. The number of nitrogens with one attached hydrogen (secondary N) is 2. The lowest BCUT2D eigenvalue weighted by Gasteiger charge is -2.08. The maximum atomic E-state index is 13.5. The van der Waals surface area contributed by atoms with Gasteiger partial charge in [-0.3, -0.25) is 5.10 Å². The topological polar surface area (TPSA) is 78.0 Å². The molecule has 2 aromatic rings. The lowest BCUT2D eigenvalue weighted by Crippen LogP contribution is -2.07. The van der Waals surface area contributed by atoms with E-state index >= 15 is 0 Å². The second kappa shape index (κ2) is 4.82. The van der Waals surface area contributed by atoms with Gasteiger partial charge in [0.1, 0.15) is 0 Å². The molecule has 0 aliphatic carbocycles. The SMILES string of the molecule is O=C(O)c1ccc(NCc2cn[nH]c2)c(F)c1F. The van der Waals surface area contributed by atoms with E-state index in [9.17, 15) is 13.6 Å². The average molecular weight is 253 g/mol. The second-order valence-corrected chi connectivity index (χ2v) is 3.55. The number of rotatable bonds is 4. The molecule has 0 unspecified atom stereocenters. The van der Waals surface area contributed by atoms with Crippen LogP contribution in [-0.4, -0.2) is 21.3 Å². The number of H-pyrrole nitrogens is 1. The Labute approximate surface area is 100 Å². The fraction of sp³-hybridized carbons (Fsp3) is 0.0909. The molecule has 0 aliphatic heterocycles. The van der Waals surface area contributed by atoms with E-state index in [-0.39, 0.29) is 12.2 Å². The maximum absolute atomic E-state index is 13.5. The average Bonchev–Trinajstić information content (AvgIpc) is 2.83. The van der Waals surface area contributed by atoms with Gasteiger partial charge in [-0.2, -0.15) is 5.10 Å². The van der Waals surface area contributed by atoms with Gasteiger partial charge in [0.15, 0.2) is 11.6 Å². The lowest BCUT2D eigenvalue weighted by molar-refractivity contribution is 0.0690. The molecule has 7 heteroatoms. The van der Waals surface area contributed by atoms with Crippen molar-refractivity contribution in [1.29, 1.82) is 0 Å². The number of aromatic nitrogens is 2. The van der Waals surface area contributed by atoms with Crippen molar-refractivity contribution in [3.8, 4) is 0 Å². The fourth-order valence-electron chi connectivity index (χ4n) is 1.42. The Morgan fingerprint density at radius 2 is 2.17 bits per heavy atom. The Balaban J connectivity index is 2.19. The molecule has 0 saturated carbocycles. The molecule has 0 spiro atoms. The van der Waals surface area contributed by atoms with Gasteiger partial charge in [-0.15, -0.1) is 0 Å². The number of hydrogen-bond acceptors (Lipinski definition) is 3. The van der Waals surface area contributed by atoms with Crippen LogP contribution in [0.3, 0.4) is 0 Å². The van der Waals surface area contributed by atoms with Gasteiger partial charge in [-0.05, 0) is 12.1 Å². The third kappa shape index (κ3) is 2.29. The van der Waals surface area contributed by atoms with Crippen LogP contribution in [-0.2, 0) is 6.54 Å². The molecule has 3 N–H and O–H groups in total. The number of hydrogen-bond donors (Lipinski definition) is 3. The summed E-state index contributed by atoms with van der Waals surface area (Å²) in [5.74, 6) is -4.09.